The highest BCUT2D eigenvalue weighted by atomic mass is 79.9. The molecule has 0 bridgehead atoms. The minimum atomic E-state index is -0.546. The van der Waals surface area contributed by atoms with Crippen molar-refractivity contribution in [1.29, 1.82) is 0 Å². The second-order valence-corrected chi connectivity index (χ2v) is 6.96. The van der Waals surface area contributed by atoms with Gasteiger partial charge in [-0.15, -0.1) is 0 Å². The SMILES string of the molecule is Cc1cc(C(O)c2cccc(C3CCC3)c2)cc(C)c1Br. The lowest BCUT2D eigenvalue weighted by Gasteiger charge is -2.26. The second kappa shape index (κ2) is 5.94. The van der Waals surface area contributed by atoms with E-state index in [9.17, 15) is 5.11 Å². The van der Waals surface area contributed by atoms with Crippen molar-refractivity contribution in [3.05, 3.63) is 68.7 Å². The Hall–Kier alpha value is -1.12. The molecule has 0 aromatic heterocycles. The van der Waals surface area contributed by atoms with Crippen LogP contribution in [-0.4, -0.2) is 5.11 Å². The van der Waals surface area contributed by atoms with Gasteiger partial charge in [-0.05, 0) is 60.4 Å². The largest absolute Gasteiger partial charge is 0.384 e. The molecule has 1 unspecified atom stereocenters. The topological polar surface area (TPSA) is 20.2 Å². The quantitative estimate of drug-likeness (QED) is 0.788. The number of hydrogen-bond donors (Lipinski definition) is 1. The first-order chi connectivity index (χ1) is 10.1. The van der Waals surface area contributed by atoms with Crippen LogP contribution in [0.4, 0.5) is 0 Å². The molecule has 1 fully saturated rings. The van der Waals surface area contributed by atoms with Crippen LogP contribution in [0.3, 0.4) is 0 Å². The number of rotatable bonds is 3. The van der Waals surface area contributed by atoms with E-state index in [1.54, 1.807) is 0 Å². The van der Waals surface area contributed by atoms with Gasteiger partial charge in [-0.2, -0.15) is 0 Å². The molecule has 0 heterocycles. The molecular weight excluding hydrogens is 324 g/mol. The van der Waals surface area contributed by atoms with Gasteiger partial charge in [0.05, 0.1) is 0 Å². The number of benzene rings is 2. The molecule has 2 heteroatoms. The van der Waals surface area contributed by atoms with E-state index >= 15 is 0 Å². The molecule has 110 valence electrons. The van der Waals surface area contributed by atoms with Crippen LogP contribution in [0.2, 0.25) is 0 Å². The first kappa shape index (κ1) is 14.8. The maximum absolute atomic E-state index is 10.7. The minimum Gasteiger partial charge on any atom is -0.384 e. The molecular formula is C19H21BrO. The van der Waals surface area contributed by atoms with Crippen LogP contribution in [0.1, 0.15) is 59.1 Å². The summed E-state index contributed by atoms with van der Waals surface area (Å²) in [5.41, 5.74) is 5.68. The van der Waals surface area contributed by atoms with E-state index in [4.69, 9.17) is 0 Å². The summed E-state index contributed by atoms with van der Waals surface area (Å²) in [6.07, 6.45) is 3.37. The summed E-state index contributed by atoms with van der Waals surface area (Å²) in [7, 11) is 0. The van der Waals surface area contributed by atoms with Gasteiger partial charge in [0.2, 0.25) is 0 Å². The maximum atomic E-state index is 10.7. The highest BCUT2D eigenvalue weighted by Gasteiger charge is 2.21. The maximum Gasteiger partial charge on any atom is 0.104 e. The van der Waals surface area contributed by atoms with Crippen LogP contribution in [-0.2, 0) is 0 Å². The lowest BCUT2D eigenvalue weighted by molar-refractivity contribution is 0.220. The Morgan fingerprint density at radius 1 is 1.05 bits per heavy atom. The molecule has 2 aromatic rings. The Labute approximate surface area is 135 Å². The number of halogens is 1. The molecule has 1 nitrogen and oxygen atoms in total. The third kappa shape index (κ3) is 2.93. The van der Waals surface area contributed by atoms with Crippen molar-refractivity contribution in [3.8, 4) is 0 Å². The minimum absolute atomic E-state index is 0.546. The van der Waals surface area contributed by atoms with Crippen LogP contribution < -0.4 is 0 Å². The van der Waals surface area contributed by atoms with Gasteiger partial charge in [-0.1, -0.05) is 58.7 Å². The molecule has 0 spiro atoms. The van der Waals surface area contributed by atoms with Crippen molar-refractivity contribution < 1.29 is 5.11 Å². The summed E-state index contributed by atoms with van der Waals surface area (Å²) in [4.78, 5) is 0. The average molecular weight is 345 g/mol. The first-order valence-corrected chi connectivity index (χ1v) is 8.40. The fraction of sp³-hybridized carbons (Fsp3) is 0.368. The van der Waals surface area contributed by atoms with Crippen LogP contribution in [0.25, 0.3) is 0 Å². The van der Waals surface area contributed by atoms with Gasteiger partial charge >= 0.3 is 0 Å². The van der Waals surface area contributed by atoms with Gasteiger partial charge in [0.1, 0.15) is 6.10 Å². The summed E-state index contributed by atoms with van der Waals surface area (Å²) in [6, 6.07) is 12.6. The van der Waals surface area contributed by atoms with Crippen molar-refractivity contribution in [2.45, 2.75) is 45.1 Å². The van der Waals surface area contributed by atoms with Gasteiger partial charge in [0.25, 0.3) is 0 Å². The summed E-state index contributed by atoms with van der Waals surface area (Å²) in [5.74, 6) is 0.700. The predicted octanol–water partition coefficient (Wildman–Crippen LogP) is 5.42. The normalized spacial score (nSPS) is 16.6. The number of aliphatic hydroxyl groups excluding tert-OH is 1. The summed E-state index contributed by atoms with van der Waals surface area (Å²) in [6.45, 7) is 4.14. The van der Waals surface area contributed by atoms with E-state index in [1.807, 2.05) is 6.07 Å². The summed E-state index contributed by atoms with van der Waals surface area (Å²) < 4.78 is 1.13. The lowest BCUT2D eigenvalue weighted by atomic mass is 9.79. The van der Waals surface area contributed by atoms with Crippen molar-refractivity contribution in [1.82, 2.24) is 0 Å². The molecule has 3 rings (SSSR count). The van der Waals surface area contributed by atoms with E-state index in [1.165, 1.54) is 36.0 Å². The summed E-state index contributed by atoms with van der Waals surface area (Å²) >= 11 is 3.58. The zero-order valence-electron chi connectivity index (χ0n) is 12.6. The Bertz CT molecular complexity index is 635. The van der Waals surface area contributed by atoms with Gasteiger partial charge in [-0.25, -0.2) is 0 Å². The number of aryl methyl sites for hydroxylation is 2. The van der Waals surface area contributed by atoms with Crippen LogP contribution in [0.5, 0.6) is 0 Å². The van der Waals surface area contributed by atoms with Gasteiger partial charge < -0.3 is 5.11 Å². The Morgan fingerprint density at radius 3 is 2.29 bits per heavy atom. The molecule has 0 saturated heterocycles. The molecule has 0 aliphatic heterocycles. The molecule has 2 aromatic carbocycles. The fourth-order valence-electron chi connectivity index (χ4n) is 3.05. The molecule has 1 aliphatic rings. The van der Waals surface area contributed by atoms with Crippen LogP contribution in [0.15, 0.2) is 40.9 Å². The predicted molar refractivity (Wildman–Crippen MR) is 90.7 cm³/mol. The standard InChI is InChI=1S/C19H21BrO/c1-12-9-17(10-13(2)18(12)20)19(21)16-8-4-7-15(11-16)14-5-3-6-14/h4,7-11,14,19,21H,3,5-6H2,1-2H3. The number of hydrogen-bond acceptors (Lipinski definition) is 1. The van der Waals surface area contributed by atoms with Crippen molar-refractivity contribution in [2.75, 3.05) is 0 Å². The Morgan fingerprint density at radius 2 is 1.71 bits per heavy atom. The Balaban J connectivity index is 1.92. The van der Waals surface area contributed by atoms with Gasteiger partial charge in [0, 0.05) is 4.47 Å². The van der Waals surface area contributed by atoms with Crippen molar-refractivity contribution in [2.24, 2.45) is 0 Å². The fourth-order valence-corrected chi connectivity index (χ4v) is 3.28. The molecule has 0 radical (unpaired) electrons. The van der Waals surface area contributed by atoms with Crippen molar-refractivity contribution in [3.63, 3.8) is 0 Å². The molecule has 21 heavy (non-hydrogen) atoms. The molecule has 1 saturated carbocycles. The average Bonchev–Trinajstić information content (AvgIpc) is 2.42. The van der Waals surface area contributed by atoms with Gasteiger partial charge in [-0.3, -0.25) is 0 Å². The molecule has 1 aliphatic carbocycles. The van der Waals surface area contributed by atoms with E-state index in [0.29, 0.717) is 5.92 Å². The lowest BCUT2D eigenvalue weighted by Crippen LogP contribution is -2.10. The molecule has 0 amide bonds. The zero-order chi connectivity index (χ0) is 15.0. The van der Waals surface area contributed by atoms with E-state index < -0.39 is 6.10 Å². The van der Waals surface area contributed by atoms with E-state index in [2.05, 4.69) is 60.1 Å². The second-order valence-electron chi connectivity index (χ2n) is 6.17. The van der Waals surface area contributed by atoms with Crippen LogP contribution >= 0.6 is 15.9 Å². The smallest absolute Gasteiger partial charge is 0.104 e. The zero-order valence-corrected chi connectivity index (χ0v) is 14.2. The molecule has 1 atom stereocenters. The molecule has 1 N–H and O–H groups in total. The third-order valence-corrected chi connectivity index (χ3v) is 5.83. The van der Waals surface area contributed by atoms with Gasteiger partial charge in [0.15, 0.2) is 0 Å². The van der Waals surface area contributed by atoms with Crippen LogP contribution in [0, 0.1) is 13.8 Å². The highest BCUT2D eigenvalue weighted by molar-refractivity contribution is 9.10. The third-order valence-electron chi connectivity index (χ3n) is 4.58. The van der Waals surface area contributed by atoms with E-state index in [0.717, 1.165) is 15.6 Å². The highest BCUT2D eigenvalue weighted by Crippen LogP contribution is 2.37. The van der Waals surface area contributed by atoms with Crippen molar-refractivity contribution >= 4 is 15.9 Å². The summed E-state index contributed by atoms with van der Waals surface area (Å²) in [5, 5.41) is 10.7. The monoisotopic (exact) mass is 344 g/mol. The first-order valence-electron chi connectivity index (χ1n) is 7.61. The Kier molecular flexibility index (Phi) is 4.19. The van der Waals surface area contributed by atoms with E-state index in [-0.39, 0.29) is 0 Å². The number of aliphatic hydroxyl groups is 1.